The lowest BCUT2D eigenvalue weighted by Crippen LogP contribution is -2.04. The summed E-state index contributed by atoms with van der Waals surface area (Å²) in [6.45, 7) is 6.38. The molecular formula is C46H54N2O12. The van der Waals surface area contributed by atoms with Gasteiger partial charge in [-0.1, -0.05) is 103 Å². The minimum absolute atomic E-state index is 0.00818. The highest BCUT2D eigenvalue weighted by molar-refractivity contribution is 6.00. The Morgan fingerprint density at radius 3 is 1.12 bits per heavy atom. The normalized spacial score (nSPS) is 10.7. The van der Waals surface area contributed by atoms with E-state index in [0.717, 1.165) is 26.8 Å². The molecule has 4 aromatic rings. The third kappa shape index (κ3) is 21.4. The number of aliphatic imine (C=N–C) groups is 2. The van der Waals surface area contributed by atoms with E-state index in [-0.39, 0.29) is 48.8 Å². The fraction of sp³-hybridized carbons (Fsp3) is 0.217. The topological polar surface area (TPSA) is 249 Å². The zero-order valence-corrected chi connectivity index (χ0v) is 34.6. The van der Waals surface area contributed by atoms with Crippen molar-refractivity contribution in [2.45, 2.75) is 53.4 Å². The number of ketones is 2. The first kappa shape index (κ1) is 54.9. The molecule has 4 rings (SSSR count). The summed E-state index contributed by atoms with van der Waals surface area (Å²) in [4.78, 5) is 71.4. The maximum Gasteiger partial charge on any atom is 0.303 e. The van der Waals surface area contributed by atoms with E-state index >= 15 is 0 Å². The number of carboxylic acids is 2. The van der Waals surface area contributed by atoms with Gasteiger partial charge in [0.15, 0.2) is 11.6 Å². The zero-order chi connectivity index (χ0) is 45.9. The number of carboxylic acid groups (broad SMARTS) is 2. The second-order valence-corrected chi connectivity index (χ2v) is 11.2. The maximum atomic E-state index is 12.1. The van der Waals surface area contributed by atoms with E-state index in [0.29, 0.717) is 44.8 Å². The first-order valence-electron chi connectivity index (χ1n) is 18.2. The molecule has 0 aliphatic carbocycles. The summed E-state index contributed by atoms with van der Waals surface area (Å²) < 4.78 is 0. The van der Waals surface area contributed by atoms with Crippen LogP contribution in [0.25, 0.3) is 22.9 Å². The molecular weight excluding hydrogens is 773 g/mol. The fourth-order valence-electron chi connectivity index (χ4n) is 4.65. The van der Waals surface area contributed by atoms with Gasteiger partial charge in [0.05, 0.1) is 12.8 Å². The van der Waals surface area contributed by atoms with E-state index in [4.69, 9.17) is 30.0 Å². The van der Waals surface area contributed by atoms with Crippen LogP contribution >= 0.6 is 0 Å². The summed E-state index contributed by atoms with van der Waals surface area (Å²) in [5.41, 5.74) is 4.08. The van der Waals surface area contributed by atoms with Crippen molar-refractivity contribution in [2.24, 2.45) is 9.98 Å². The van der Waals surface area contributed by atoms with Crippen molar-refractivity contribution in [1.82, 2.24) is 0 Å². The number of hydrogen-bond donors (Lipinski definition) is 6. The number of rotatable bonds is 14. The molecule has 0 aliphatic rings. The van der Waals surface area contributed by atoms with Gasteiger partial charge in [0, 0.05) is 72.9 Å². The fourth-order valence-corrected chi connectivity index (χ4v) is 4.65. The van der Waals surface area contributed by atoms with Gasteiger partial charge in [-0.3, -0.25) is 29.2 Å². The number of Topliss-reactive ketones (excluding diaryl/α,β-unsaturated/α-hetero) is 2. The average molecular weight is 827 g/mol. The predicted molar refractivity (Wildman–Crippen MR) is 235 cm³/mol. The van der Waals surface area contributed by atoms with Crippen molar-refractivity contribution in [3.8, 4) is 0 Å². The van der Waals surface area contributed by atoms with Crippen LogP contribution in [0.4, 0.5) is 0 Å². The van der Waals surface area contributed by atoms with Crippen molar-refractivity contribution in [3.63, 3.8) is 0 Å². The lowest BCUT2D eigenvalue weighted by atomic mass is 10.0. The van der Waals surface area contributed by atoms with Crippen molar-refractivity contribution < 1.29 is 59.4 Å². The second kappa shape index (κ2) is 33.9. The van der Waals surface area contributed by atoms with Crippen molar-refractivity contribution in [2.75, 3.05) is 14.2 Å². The number of hydrogen-bond acceptors (Lipinski definition) is 12. The Balaban J connectivity index is 0. The Labute approximate surface area is 350 Å². The van der Waals surface area contributed by atoms with Gasteiger partial charge in [0.25, 0.3) is 0 Å². The Hall–Kier alpha value is -7.16. The van der Waals surface area contributed by atoms with Crippen LogP contribution in [0.2, 0.25) is 0 Å². The van der Waals surface area contributed by atoms with E-state index in [1.165, 1.54) is 13.8 Å². The number of aliphatic hydroxyl groups excluding tert-OH is 4. The van der Waals surface area contributed by atoms with Crippen LogP contribution in [0, 0.1) is 0 Å². The number of aliphatic carboxylic acids is 2. The molecule has 14 heteroatoms. The summed E-state index contributed by atoms with van der Waals surface area (Å²) in [5.74, 6) is -2.45. The number of nitrogens with zero attached hydrogens (tertiary/aromatic N) is 2. The van der Waals surface area contributed by atoms with Crippen LogP contribution in [-0.4, -0.2) is 93.4 Å². The van der Waals surface area contributed by atoms with E-state index in [1.54, 1.807) is 99.1 Å². The molecule has 320 valence electrons. The Kier molecular flexibility index (Phi) is 31.1. The molecule has 0 radical (unpaired) electrons. The van der Waals surface area contributed by atoms with Crippen LogP contribution in [0.15, 0.2) is 119 Å². The largest absolute Gasteiger partial charge is 0.505 e. The van der Waals surface area contributed by atoms with Crippen molar-refractivity contribution in [1.29, 1.82) is 0 Å². The van der Waals surface area contributed by atoms with Crippen LogP contribution in [0.3, 0.4) is 0 Å². The zero-order valence-electron chi connectivity index (χ0n) is 34.6. The minimum atomic E-state index is -1.01. The smallest absolute Gasteiger partial charge is 0.303 e. The molecule has 0 heterocycles. The standard InChI is InChI=1S/2C20H19NO4.2C2H4O.2CH4O/c1-2-21-19(20(25)14-7-4-3-5-8-14)16-10-6-9-15(13-16)17(22)11-12-18(23)24;1-2-21-19(20(25)16-6-4-3-5-7-16)15-10-8-14(9-11-15)17(22)12-13-18(23)24;2*1-2-3;2*1-2/h2-10,13,25H,11-12H2,1H3,(H,23,24);2-11,25H,12-13H2,1H3,(H,23,24);2*2H,1H3;2*2H,1H3/b2*20-19-,21-2?;;;;. The second-order valence-electron chi connectivity index (χ2n) is 11.2. The SMILES string of the molecule is CC=N/C(=C(\O)c1ccccc1)c1ccc(C(=O)CCC(=O)O)cc1.CC=N/C(=C(\O)c1ccccc1)c1cccc(C(=O)CCC(=O)O)c1.CC=O.CC=O.CO.CO. The lowest BCUT2D eigenvalue weighted by Gasteiger charge is -2.09. The Morgan fingerprint density at radius 1 is 0.433 bits per heavy atom. The van der Waals surface area contributed by atoms with Gasteiger partial charge < -0.3 is 40.2 Å². The molecule has 0 spiro atoms. The molecule has 0 bridgehead atoms. The average Bonchev–Trinajstić information content (AvgIpc) is 3.28. The predicted octanol–water partition coefficient (Wildman–Crippen LogP) is 8.04. The van der Waals surface area contributed by atoms with Crippen LogP contribution in [0.5, 0.6) is 0 Å². The Morgan fingerprint density at radius 2 is 0.750 bits per heavy atom. The molecule has 6 N–H and O–H groups in total. The molecule has 0 saturated carbocycles. The molecule has 0 amide bonds. The first-order chi connectivity index (χ1) is 28.9. The van der Waals surface area contributed by atoms with Crippen molar-refractivity contribution in [3.05, 3.63) is 143 Å². The highest BCUT2D eigenvalue weighted by Gasteiger charge is 2.15. The van der Waals surface area contributed by atoms with Gasteiger partial charge >= 0.3 is 11.9 Å². The molecule has 60 heavy (non-hydrogen) atoms. The van der Waals surface area contributed by atoms with Crippen LogP contribution in [0.1, 0.15) is 96.3 Å². The number of carbonyl (C=O) groups is 6. The van der Waals surface area contributed by atoms with E-state index in [9.17, 15) is 29.4 Å². The quantitative estimate of drug-likeness (QED) is 0.0232. The molecule has 4 aromatic carbocycles. The molecule has 0 unspecified atom stereocenters. The number of benzene rings is 4. The molecule has 0 fully saturated rings. The summed E-state index contributed by atoms with van der Waals surface area (Å²) in [6.07, 6.45) is 4.13. The number of aliphatic hydroxyl groups is 4. The van der Waals surface area contributed by atoms with E-state index < -0.39 is 11.9 Å². The van der Waals surface area contributed by atoms with E-state index in [1.807, 2.05) is 36.4 Å². The lowest BCUT2D eigenvalue weighted by molar-refractivity contribution is -0.137. The molecule has 0 saturated heterocycles. The van der Waals surface area contributed by atoms with Gasteiger partial charge in [-0.25, -0.2) is 0 Å². The summed E-state index contributed by atoms with van der Waals surface area (Å²) in [6, 6.07) is 31.4. The maximum absolute atomic E-state index is 12.1. The van der Waals surface area contributed by atoms with E-state index in [2.05, 4.69) is 9.98 Å². The van der Waals surface area contributed by atoms with Gasteiger partial charge in [-0.05, 0) is 33.8 Å². The molecule has 0 atom stereocenters. The molecule has 0 aromatic heterocycles. The summed E-state index contributed by atoms with van der Waals surface area (Å²) in [5, 5.41) is 52.5. The Bertz CT molecular complexity index is 2020. The highest BCUT2D eigenvalue weighted by atomic mass is 16.4. The van der Waals surface area contributed by atoms with Gasteiger partial charge in [0.1, 0.15) is 35.5 Å². The van der Waals surface area contributed by atoms with Crippen molar-refractivity contribution >= 4 is 71.4 Å². The van der Waals surface area contributed by atoms with Gasteiger partial charge in [-0.2, -0.15) is 0 Å². The van der Waals surface area contributed by atoms with Crippen LogP contribution < -0.4 is 0 Å². The monoisotopic (exact) mass is 826 g/mol. The minimum Gasteiger partial charge on any atom is -0.505 e. The van der Waals surface area contributed by atoms with Gasteiger partial charge in [-0.15, -0.1) is 0 Å². The summed E-state index contributed by atoms with van der Waals surface area (Å²) >= 11 is 0. The number of carbonyl (C=O) groups excluding carboxylic acids is 4. The third-order valence-corrected chi connectivity index (χ3v) is 7.13. The summed E-state index contributed by atoms with van der Waals surface area (Å²) in [7, 11) is 2.00. The first-order valence-corrected chi connectivity index (χ1v) is 18.2. The highest BCUT2D eigenvalue weighted by Crippen LogP contribution is 2.27. The van der Waals surface area contributed by atoms with Crippen LogP contribution in [-0.2, 0) is 19.2 Å². The number of aldehydes is 2. The molecule has 0 aliphatic heterocycles. The molecule has 14 nitrogen and oxygen atoms in total. The third-order valence-electron chi connectivity index (χ3n) is 7.13. The van der Waals surface area contributed by atoms with Gasteiger partial charge in [0.2, 0.25) is 0 Å².